The summed E-state index contributed by atoms with van der Waals surface area (Å²) >= 11 is 1.71. The molecule has 4 rings (SSSR count). The number of hydrogen-bond acceptors (Lipinski definition) is 6. The fraction of sp³-hybridized carbons (Fsp3) is 0.333. The van der Waals surface area contributed by atoms with Crippen molar-refractivity contribution in [1.82, 2.24) is 14.9 Å². The molecule has 3 N–H and O–H groups in total. The summed E-state index contributed by atoms with van der Waals surface area (Å²) in [6.07, 6.45) is 4.60. The highest BCUT2D eigenvalue weighted by Gasteiger charge is 2.39. The predicted molar refractivity (Wildman–Crippen MR) is 141 cm³/mol. The third-order valence-corrected chi connectivity index (χ3v) is 6.72. The van der Waals surface area contributed by atoms with Crippen molar-refractivity contribution in [3.05, 3.63) is 87.5 Å². The number of nitrogens with zero attached hydrogens (tertiary/aromatic N) is 3. The Morgan fingerprint density at radius 3 is 2.50 bits per heavy atom. The lowest BCUT2D eigenvalue weighted by atomic mass is 9.78. The average molecular weight is 510 g/mol. The second-order valence-corrected chi connectivity index (χ2v) is 10.1. The van der Waals surface area contributed by atoms with Gasteiger partial charge in [0.1, 0.15) is 11.5 Å². The number of aryl methyl sites for hydroxylation is 1. The molecule has 1 amide bonds. The third kappa shape index (κ3) is 6.75. The summed E-state index contributed by atoms with van der Waals surface area (Å²) in [6.45, 7) is 8.42. The van der Waals surface area contributed by atoms with Crippen molar-refractivity contribution in [2.45, 2.75) is 40.7 Å². The number of nitrogens with two attached hydrogens (primary N) is 1. The molecule has 0 saturated carbocycles. The molecule has 2 aromatic heterocycles. The molecule has 3 aromatic rings. The minimum Gasteiger partial charge on any atom is -0.396 e. The molecule has 1 aliphatic heterocycles. The summed E-state index contributed by atoms with van der Waals surface area (Å²) in [4.78, 5) is 38.3. The summed E-state index contributed by atoms with van der Waals surface area (Å²) in [7, 11) is 0. The molecule has 9 heteroatoms. The van der Waals surface area contributed by atoms with Gasteiger partial charge in [-0.2, -0.15) is 0 Å². The lowest BCUT2D eigenvalue weighted by Gasteiger charge is -2.41. The number of ketones is 1. The lowest BCUT2D eigenvalue weighted by molar-refractivity contribution is -0.113. The first-order valence-corrected chi connectivity index (χ1v) is 12.6. The SMILES string of the molecule is CC(=O)/C(N)=C1\CN(C(=O)c2ccc[nH]2)CC(C)(C)C1=NCc1ccc(F)cc1.CCc1nccs1. The number of rotatable bonds is 5. The minimum atomic E-state index is -0.518. The molecular formula is C27H32FN5O2S. The zero-order valence-electron chi connectivity index (χ0n) is 21.0. The van der Waals surface area contributed by atoms with Crippen LogP contribution in [0.1, 0.15) is 48.8 Å². The van der Waals surface area contributed by atoms with E-state index < -0.39 is 5.41 Å². The van der Waals surface area contributed by atoms with Crippen molar-refractivity contribution < 1.29 is 14.0 Å². The molecule has 3 heterocycles. The standard InChI is InChI=1S/C22H25FN4O2.C5H7NS/c1-14(28)19(24)17-12-27(21(29)18-5-4-10-25-18)13-22(2,3)20(17)26-11-15-6-8-16(23)9-7-15;1-2-5-6-3-4-7-5/h4-10,25H,11-13,24H2,1-3H3;3-4H,2H2,1H3/b19-17-,26-20?;. The molecule has 190 valence electrons. The number of carbonyl (C=O) groups is 2. The fourth-order valence-electron chi connectivity index (χ4n) is 3.98. The summed E-state index contributed by atoms with van der Waals surface area (Å²) in [5.74, 6) is -0.728. The zero-order chi connectivity index (χ0) is 26.3. The van der Waals surface area contributed by atoms with Gasteiger partial charge in [0.2, 0.25) is 0 Å². The molecule has 0 unspecified atom stereocenters. The first kappa shape index (κ1) is 27.0. The van der Waals surface area contributed by atoms with E-state index in [4.69, 9.17) is 10.7 Å². The number of piperidine rings is 1. The van der Waals surface area contributed by atoms with Gasteiger partial charge in [0.15, 0.2) is 5.78 Å². The summed E-state index contributed by atoms with van der Waals surface area (Å²) in [6, 6.07) is 9.60. The van der Waals surface area contributed by atoms with Gasteiger partial charge in [-0.05, 0) is 36.2 Å². The Morgan fingerprint density at radius 2 is 1.97 bits per heavy atom. The number of H-pyrrole nitrogens is 1. The first-order chi connectivity index (χ1) is 17.1. The summed E-state index contributed by atoms with van der Waals surface area (Å²) < 4.78 is 13.2. The van der Waals surface area contributed by atoms with Crippen LogP contribution in [-0.2, 0) is 17.8 Å². The van der Waals surface area contributed by atoms with Crippen LogP contribution in [0.15, 0.2) is 70.4 Å². The van der Waals surface area contributed by atoms with E-state index >= 15 is 0 Å². The van der Waals surface area contributed by atoms with Crippen molar-refractivity contribution in [2.75, 3.05) is 13.1 Å². The lowest BCUT2D eigenvalue weighted by Crippen LogP contribution is -2.51. The summed E-state index contributed by atoms with van der Waals surface area (Å²) in [5.41, 5.74) is 8.31. The van der Waals surface area contributed by atoms with Gasteiger partial charge in [0.05, 0.1) is 23.8 Å². The Labute approximate surface area is 215 Å². The van der Waals surface area contributed by atoms with E-state index in [9.17, 15) is 14.0 Å². The molecule has 1 aromatic carbocycles. The number of aromatic amines is 1. The number of aromatic nitrogens is 2. The van der Waals surface area contributed by atoms with E-state index in [-0.39, 0.29) is 29.7 Å². The van der Waals surface area contributed by atoms with Gasteiger partial charge in [0.25, 0.3) is 5.91 Å². The maximum absolute atomic E-state index is 13.2. The van der Waals surface area contributed by atoms with Crippen LogP contribution in [0.3, 0.4) is 0 Å². The van der Waals surface area contributed by atoms with E-state index in [1.165, 1.54) is 24.1 Å². The maximum atomic E-state index is 13.2. The van der Waals surface area contributed by atoms with E-state index in [0.717, 1.165) is 12.0 Å². The monoisotopic (exact) mass is 509 g/mol. The topological polar surface area (TPSA) is 104 Å². The van der Waals surface area contributed by atoms with Crippen molar-refractivity contribution >= 4 is 28.7 Å². The number of Topliss-reactive ketones (excluding diaryl/α,β-unsaturated/α-hetero) is 1. The Hall–Kier alpha value is -3.59. The predicted octanol–water partition coefficient (Wildman–Crippen LogP) is 4.78. The van der Waals surface area contributed by atoms with Crippen LogP contribution < -0.4 is 5.73 Å². The fourth-order valence-corrected chi connectivity index (χ4v) is 4.55. The average Bonchev–Trinajstić information content (AvgIpc) is 3.57. The number of aliphatic imine (C=N–C) groups is 1. The zero-order valence-corrected chi connectivity index (χ0v) is 21.9. The van der Waals surface area contributed by atoms with Crippen molar-refractivity contribution in [1.29, 1.82) is 0 Å². The van der Waals surface area contributed by atoms with Gasteiger partial charge >= 0.3 is 0 Å². The van der Waals surface area contributed by atoms with Crippen molar-refractivity contribution in [2.24, 2.45) is 16.1 Å². The van der Waals surface area contributed by atoms with Gasteiger partial charge in [-0.1, -0.05) is 32.9 Å². The second-order valence-electron chi connectivity index (χ2n) is 9.15. The Kier molecular flexibility index (Phi) is 8.93. The van der Waals surface area contributed by atoms with Gasteiger partial charge in [-0.3, -0.25) is 14.6 Å². The Bertz CT molecular complexity index is 1230. The van der Waals surface area contributed by atoms with E-state index in [0.29, 0.717) is 30.1 Å². The number of likely N-dealkylation sites (tertiary alicyclic amines) is 1. The number of hydrogen-bond donors (Lipinski definition) is 2. The molecule has 36 heavy (non-hydrogen) atoms. The van der Waals surface area contributed by atoms with Crippen LogP contribution in [0.5, 0.6) is 0 Å². The highest BCUT2D eigenvalue weighted by molar-refractivity contribution is 7.09. The van der Waals surface area contributed by atoms with Gasteiger partial charge in [-0.25, -0.2) is 9.37 Å². The van der Waals surface area contributed by atoms with E-state index in [2.05, 4.69) is 16.9 Å². The number of halogens is 1. The quantitative estimate of drug-likeness (QED) is 0.483. The van der Waals surface area contributed by atoms with Crippen LogP contribution in [0.25, 0.3) is 0 Å². The molecule has 0 spiro atoms. The van der Waals surface area contributed by atoms with Gasteiger partial charge < -0.3 is 15.6 Å². The number of amides is 1. The number of allylic oxidation sites excluding steroid dienone is 1. The van der Waals surface area contributed by atoms with Gasteiger partial charge in [0, 0.05) is 47.9 Å². The molecule has 0 radical (unpaired) electrons. The van der Waals surface area contributed by atoms with Crippen LogP contribution >= 0.6 is 11.3 Å². The highest BCUT2D eigenvalue weighted by atomic mass is 32.1. The van der Waals surface area contributed by atoms with Crippen LogP contribution in [0, 0.1) is 11.2 Å². The van der Waals surface area contributed by atoms with Gasteiger partial charge in [-0.15, -0.1) is 11.3 Å². The summed E-state index contributed by atoms with van der Waals surface area (Å²) in [5, 5.41) is 3.22. The smallest absolute Gasteiger partial charge is 0.270 e. The maximum Gasteiger partial charge on any atom is 0.270 e. The normalized spacial score (nSPS) is 17.4. The molecule has 1 fully saturated rings. The van der Waals surface area contributed by atoms with E-state index in [1.54, 1.807) is 46.7 Å². The van der Waals surface area contributed by atoms with Crippen molar-refractivity contribution in [3.8, 4) is 0 Å². The highest BCUT2D eigenvalue weighted by Crippen LogP contribution is 2.32. The number of thiazole rings is 1. The van der Waals surface area contributed by atoms with Crippen molar-refractivity contribution in [3.63, 3.8) is 0 Å². The molecule has 1 saturated heterocycles. The van der Waals surface area contributed by atoms with E-state index in [1.807, 2.05) is 25.4 Å². The molecule has 0 aliphatic carbocycles. The number of nitrogens with one attached hydrogen (secondary N) is 1. The van der Waals surface area contributed by atoms with Crippen LogP contribution in [0.4, 0.5) is 4.39 Å². The Balaban J connectivity index is 0.000000444. The van der Waals surface area contributed by atoms with Crippen LogP contribution in [0.2, 0.25) is 0 Å². The molecule has 7 nitrogen and oxygen atoms in total. The molecule has 0 bridgehead atoms. The molecule has 0 atom stereocenters. The first-order valence-electron chi connectivity index (χ1n) is 11.7. The Morgan fingerprint density at radius 1 is 1.25 bits per heavy atom. The minimum absolute atomic E-state index is 0.111. The molecular weight excluding hydrogens is 477 g/mol. The number of benzene rings is 1. The molecule has 1 aliphatic rings. The largest absolute Gasteiger partial charge is 0.396 e. The van der Waals surface area contributed by atoms with Crippen LogP contribution in [-0.4, -0.2) is 45.4 Å². The second kappa shape index (κ2) is 11.9. The number of carbonyl (C=O) groups excluding carboxylic acids is 2. The third-order valence-electron chi connectivity index (χ3n) is 5.80.